The Labute approximate surface area is 275 Å². The maximum Gasteiger partial charge on any atom is 0.469 e. The highest BCUT2D eigenvalue weighted by molar-refractivity contribution is 7.46. The molecule has 15 N–H and O–H groups in total. The van der Waals surface area contributed by atoms with Crippen molar-refractivity contribution < 1.29 is 118 Å². The van der Waals surface area contributed by atoms with E-state index in [0.29, 0.717) is 0 Å². The second-order valence-electron chi connectivity index (χ2n) is 11.7. The molecule has 0 saturated carbocycles. The van der Waals surface area contributed by atoms with E-state index in [1.807, 2.05) is 0 Å². The van der Waals surface area contributed by atoms with Crippen molar-refractivity contribution >= 4 is 7.82 Å². The fourth-order valence-corrected chi connectivity index (χ4v) is 6.03. The van der Waals surface area contributed by atoms with Crippen LogP contribution in [-0.4, -0.2) is 225 Å². The summed E-state index contributed by atoms with van der Waals surface area (Å²) in [7, 11) is -5.21. The predicted octanol–water partition coefficient (Wildman–Crippen LogP) is -9.63. The highest BCUT2D eigenvalue weighted by Crippen LogP contribution is 2.39. The van der Waals surface area contributed by atoms with Crippen molar-refractivity contribution in [2.24, 2.45) is 0 Å². The van der Waals surface area contributed by atoms with Gasteiger partial charge in [0.25, 0.3) is 0 Å². The predicted molar refractivity (Wildman–Crippen MR) is 145 cm³/mol. The van der Waals surface area contributed by atoms with Crippen molar-refractivity contribution in [3.63, 3.8) is 0 Å². The van der Waals surface area contributed by atoms with Gasteiger partial charge in [0.15, 0.2) is 25.2 Å². The lowest BCUT2D eigenvalue weighted by Gasteiger charge is -2.49. The van der Waals surface area contributed by atoms with Gasteiger partial charge in [0.1, 0.15) is 97.7 Å². The van der Waals surface area contributed by atoms with E-state index >= 15 is 0 Å². The lowest BCUT2D eigenvalue weighted by atomic mass is 9.95. The molecule has 0 spiro atoms. The van der Waals surface area contributed by atoms with Gasteiger partial charge in [-0.2, -0.15) is 0 Å². The Bertz CT molecular complexity index is 1080. The van der Waals surface area contributed by atoms with Gasteiger partial charge >= 0.3 is 7.82 Å². The summed E-state index contributed by atoms with van der Waals surface area (Å²) in [6.07, 6.45) is -38.3. The molecule has 49 heavy (non-hydrogen) atoms. The molecule has 4 fully saturated rings. The summed E-state index contributed by atoms with van der Waals surface area (Å²) in [5, 5.41) is 134. The van der Waals surface area contributed by atoms with Crippen LogP contribution in [0.2, 0.25) is 0 Å². The highest BCUT2D eigenvalue weighted by atomic mass is 31.2. The third kappa shape index (κ3) is 9.10. The lowest BCUT2D eigenvalue weighted by Crippen LogP contribution is -2.67. The van der Waals surface area contributed by atoms with Gasteiger partial charge in [-0.15, -0.1) is 0 Å². The van der Waals surface area contributed by atoms with Gasteiger partial charge in [-0.05, 0) is 0 Å². The van der Waals surface area contributed by atoms with Gasteiger partial charge in [-0.3, -0.25) is 4.52 Å². The van der Waals surface area contributed by atoms with E-state index in [4.69, 9.17) is 33.2 Å². The van der Waals surface area contributed by atoms with E-state index in [9.17, 15) is 80.7 Å². The molecule has 0 aromatic heterocycles. The largest absolute Gasteiger partial charge is 0.469 e. The van der Waals surface area contributed by atoms with Crippen molar-refractivity contribution in [2.45, 2.75) is 123 Å². The molecule has 0 bridgehead atoms. The standard InChI is InChI=1S/C24H43O24P/c25-1-5-9(28)12(31)15(34)22(43-5)47-19-10(29)6(2-26)44-23(16(19)35)48-20-11(30)8(4-41-49(38,39)40)45-24(17(20)36)46-18-7(3-27)42-21(37)14(33)13(18)32/h5-37H,1-4H2,(H2,38,39,40)/t5-,6-,7-,8-,9-,10+,11+,12+,13-,14+,15-,16-,17-,18-,19+,20+,21+,22+,23+,24+/m1/s1. The van der Waals surface area contributed by atoms with Crippen molar-refractivity contribution in [3.05, 3.63) is 0 Å². The average molecular weight is 747 g/mol. The summed E-state index contributed by atoms with van der Waals surface area (Å²) in [6.45, 7) is -3.83. The number of hydrogen-bond acceptors (Lipinski definition) is 22. The molecule has 0 aromatic carbocycles. The Kier molecular flexibility index (Phi) is 14.2. The summed E-state index contributed by atoms with van der Waals surface area (Å²) < 4.78 is 53.5. The Balaban J connectivity index is 1.58. The number of phosphoric acid groups is 1. The smallest absolute Gasteiger partial charge is 0.394 e. The Morgan fingerprint density at radius 2 is 0.878 bits per heavy atom. The molecule has 24 nitrogen and oxygen atoms in total. The van der Waals surface area contributed by atoms with E-state index < -0.39 is 157 Å². The Hall–Kier alpha value is -0.690. The quantitative estimate of drug-likeness (QED) is 0.0824. The number of ether oxygens (including phenoxy) is 7. The van der Waals surface area contributed by atoms with E-state index in [0.717, 1.165) is 0 Å². The fourth-order valence-electron chi connectivity index (χ4n) is 5.69. The fraction of sp³-hybridized carbons (Fsp3) is 1.00. The SMILES string of the molecule is O=P(O)(O)OC[C@H]1O[C@@H](O[C@H]2[C@H](O)[C@H](O)[C@@H](O)O[C@@H]2CO)[C@H](O)[C@@H](O[C@@H]2O[C@H](CO)[C@H](O)[C@H](O[C@@H]3O[C@H](CO)[C@@H](O)[C@H](O)[C@H]3O)[C@H]2O)[C@H]1O. The van der Waals surface area contributed by atoms with E-state index in [1.54, 1.807) is 0 Å². The first-order valence-corrected chi connectivity index (χ1v) is 16.4. The molecule has 20 atom stereocenters. The van der Waals surface area contributed by atoms with Crippen LogP contribution in [0.5, 0.6) is 0 Å². The molecular formula is C24H43O24P. The van der Waals surface area contributed by atoms with Crippen LogP contribution in [0.1, 0.15) is 0 Å². The van der Waals surface area contributed by atoms with E-state index in [1.165, 1.54) is 0 Å². The summed E-state index contributed by atoms with van der Waals surface area (Å²) in [6, 6.07) is 0. The van der Waals surface area contributed by atoms with E-state index in [-0.39, 0.29) is 0 Å². The van der Waals surface area contributed by atoms with Crippen LogP contribution in [-0.2, 0) is 42.2 Å². The first kappa shape index (κ1) is 41.1. The first-order valence-electron chi connectivity index (χ1n) is 14.9. The third-order valence-electron chi connectivity index (χ3n) is 8.43. The van der Waals surface area contributed by atoms with Crippen molar-refractivity contribution in [3.8, 4) is 0 Å². The van der Waals surface area contributed by atoms with Crippen LogP contribution in [0.15, 0.2) is 0 Å². The monoisotopic (exact) mass is 746 g/mol. The molecule has 0 aromatic rings. The minimum Gasteiger partial charge on any atom is -0.394 e. The van der Waals surface area contributed by atoms with Crippen LogP contribution in [0.3, 0.4) is 0 Å². The van der Waals surface area contributed by atoms with Crippen LogP contribution in [0, 0.1) is 0 Å². The number of hydrogen-bond donors (Lipinski definition) is 15. The van der Waals surface area contributed by atoms with Crippen molar-refractivity contribution in [2.75, 3.05) is 26.4 Å². The average Bonchev–Trinajstić information content (AvgIpc) is 3.05. The van der Waals surface area contributed by atoms with Crippen LogP contribution >= 0.6 is 7.82 Å². The van der Waals surface area contributed by atoms with Crippen LogP contribution in [0.4, 0.5) is 0 Å². The molecule has 4 saturated heterocycles. The molecule has 0 aliphatic carbocycles. The molecule has 0 unspecified atom stereocenters. The van der Waals surface area contributed by atoms with Gasteiger partial charge in [0, 0.05) is 0 Å². The van der Waals surface area contributed by atoms with Gasteiger partial charge in [0.05, 0.1) is 26.4 Å². The second kappa shape index (κ2) is 17.0. The second-order valence-corrected chi connectivity index (χ2v) is 13.0. The summed E-state index contributed by atoms with van der Waals surface area (Å²) in [4.78, 5) is 18.4. The number of phosphoric ester groups is 1. The zero-order valence-corrected chi connectivity index (χ0v) is 26.1. The lowest BCUT2D eigenvalue weighted by molar-refractivity contribution is -0.389. The molecule has 288 valence electrons. The molecule has 0 amide bonds. The minimum atomic E-state index is -5.21. The summed E-state index contributed by atoms with van der Waals surface area (Å²) in [5.41, 5.74) is 0. The minimum absolute atomic E-state index is 0.854. The highest BCUT2D eigenvalue weighted by Gasteiger charge is 2.55. The number of rotatable bonds is 12. The molecule has 4 heterocycles. The summed E-state index contributed by atoms with van der Waals surface area (Å²) in [5.74, 6) is 0. The zero-order chi connectivity index (χ0) is 36.5. The van der Waals surface area contributed by atoms with Gasteiger partial charge < -0.3 is 109 Å². The van der Waals surface area contributed by atoms with Gasteiger partial charge in [-0.1, -0.05) is 0 Å². The molecule has 4 aliphatic heterocycles. The topological polar surface area (TPSA) is 394 Å². The normalized spacial score (nSPS) is 49.9. The molecule has 0 radical (unpaired) electrons. The van der Waals surface area contributed by atoms with E-state index in [2.05, 4.69) is 4.52 Å². The first-order chi connectivity index (χ1) is 22.9. The zero-order valence-electron chi connectivity index (χ0n) is 25.2. The maximum absolute atomic E-state index is 11.4. The molecular weight excluding hydrogens is 703 g/mol. The number of aliphatic hydroxyl groups excluding tert-OH is 13. The maximum atomic E-state index is 11.4. The van der Waals surface area contributed by atoms with Gasteiger partial charge in [0.2, 0.25) is 0 Å². The molecule has 4 rings (SSSR count). The van der Waals surface area contributed by atoms with Crippen LogP contribution in [0.25, 0.3) is 0 Å². The summed E-state index contributed by atoms with van der Waals surface area (Å²) >= 11 is 0. The Morgan fingerprint density at radius 3 is 1.37 bits per heavy atom. The number of aliphatic hydroxyl groups is 13. The van der Waals surface area contributed by atoms with Crippen molar-refractivity contribution in [1.82, 2.24) is 0 Å². The third-order valence-corrected chi connectivity index (χ3v) is 8.92. The Morgan fingerprint density at radius 1 is 0.449 bits per heavy atom. The van der Waals surface area contributed by atoms with Crippen LogP contribution < -0.4 is 0 Å². The van der Waals surface area contributed by atoms with Crippen molar-refractivity contribution in [1.29, 1.82) is 0 Å². The molecule has 25 heteroatoms. The van der Waals surface area contributed by atoms with Gasteiger partial charge in [-0.25, -0.2) is 4.57 Å². The molecule has 4 aliphatic rings.